The van der Waals surface area contributed by atoms with Gasteiger partial charge in [0.25, 0.3) is 0 Å². The Labute approximate surface area is 103 Å². The molecule has 1 fully saturated rings. The summed E-state index contributed by atoms with van der Waals surface area (Å²) in [4.78, 5) is 6.63. The maximum absolute atomic E-state index is 5.64. The molecule has 4 heteroatoms. The van der Waals surface area contributed by atoms with Gasteiger partial charge >= 0.3 is 0 Å². The summed E-state index contributed by atoms with van der Waals surface area (Å²) in [5.41, 5.74) is 6.55. The number of hydrogen-bond donors (Lipinski definition) is 1. The van der Waals surface area contributed by atoms with Gasteiger partial charge in [-0.3, -0.25) is 0 Å². The highest BCUT2D eigenvalue weighted by Crippen LogP contribution is 2.18. The number of nitrogens with zero attached hydrogens (tertiary/aromatic N) is 2. The average Bonchev–Trinajstić information content (AvgIpc) is 2.76. The second kappa shape index (κ2) is 5.98. The van der Waals surface area contributed by atoms with Crippen LogP contribution in [0, 0.1) is 0 Å². The molecule has 0 aliphatic carbocycles. The van der Waals surface area contributed by atoms with Crippen molar-refractivity contribution >= 4 is 0 Å². The summed E-state index contributed by atoms with van der Waals surface area (Å²) in [7, 11) is 2.19. The van der Waals surface area contributed by atoms with Crippen molar-refractivity contribution in [2.45, 2.75) is 31.8 Å². The zero-order chi connectivity index (χ0) is 12.1. The van der Waals surface area contributed by atoms with Crippen LogP contribution < -0.4 is 10.5 Å². The molecule has 0 spiro atoms. The van der Waals surface area contributed by atoms with E-state index in [1.165, 1.54) is 19.4 Å². The molecule has 0 saturated carbocycles. The van der Waals surface area contributed by atoms with E-state index in [4.69, 9.17) is 10.5 Å². The lowest BCUT2D eigenvalue weighted by molar-refractivity contribution is 0.228. The number of nitrogens with two attached hydrogens (primary N) is 1. The predicted octanol–water partition coefficient (Wildman–Crippen LogP) is 1.40. The van der Waals surface area contributed by atoms with Gasteiger partial charge in [0.2, 0.25) is 5.88 Å². The molecular formula is C13H21N3O. The van der Waals surface area contributed by atoms with Crippen molar-refractivity contribution in [3.05, 3.63) is 23.9 Å². The summed E-state index contributed by atoms with van der Waals surface area (Å²) in [6.07, 6.45) is 5.46. The summed E-state index contributed by atoms with van der Waals surface area (Å²) in [5, 5.41) is 0. The van der Waals surface area contributed by atoms with Gasteiger partial charge in [0, 0.05) is 24.8 Å². The van der Waals surface area contributed by atoms with Crippen LogP contribution in [-0.4, -0.2) is 36.1 Å². The molecule has 1 aliphatic heterocycles. The van der Waals surface area contributed by atoms with E-state index in [2.05, 4.69) is 16.9 Å². The number of likely N-dealkylation sites (tertiary alicyclic amines) is 1. The van der Waals surface area contributed by atoms with Crippen LogP contribution in [-0.2, 0) is 6.54 Å². The van der Waals surface area contributed by atoms with Gasteiger partial charge in [-0.05, 0) is 38.4 Å². The van der Waals surface area contributed by atoms with E-state index in [0.29, 0.717) is 18.5 Å². The number of aromatic nitrogens is 1. The first-order valence-electron chi connectivity index (χ1n) is 6.27. The zero-order valence-corrected chi connectivity index (χ0v) is 10.4. The Hall–Kier alpha value is -1.13. The summed E-state index contributed by atoms with van der Waals surface area (Å²) in [6.45, 7) is 2.48. The number of ether oxygens (including phenoxy) is 1. The molecule has 0 radical (unpaired) electrons. The fraction of sp³-hybridized carbons (Fsp3) is 0.615. The van der Waals surface area contributed by atoms with Crippen molar-refractivity contribution in [1.29, 1.82) is 0 Å². The number of rotatable bonds is 5. The van der Waals surface area contributed by atoms with E-state index in [0.717, 1.165) is 18.6 Å². The third-order valence-electron chi connectivity index (χ3n) is 3.41. The summed E-state index contributed by atoms with van der Waals surface area (Å²) < 4.78 is 5.64. The molecular weight excluding hydrogens is 214 g/mol. The molecule has 4 nitrogen and oxygen atoms in total. The largest absolute Gasteiger partial charge is 0.478 e. The van der Waals surface area contributed by atoms with E-state index in [9.17, 15) is 0 Å². The maximum atomic E-state index is 5.64. The van der Waals surface area contributed by atoms with E-state index in [1.54, 1.807) is 6.20 Å². The molecule has 1 unspecified atom stereocenters. The molecule has 1 aromatic heterocycles. The molecule has 2 heterocycles. The Morgan fingerprint density at radius 3 is 3.00 bits per heavy atom. The van der Waals surface area contributed by atoms with Crippen LogP contribution >= 0.6 is 0 Å². The molecule has 1 saturated heterocycles. The van der Waals surface area contributed by atoms with Crippen molar-refractivity contribution in [3.8, 4) is 5.88 Å². The minimum Gasteiger partial charge on any atom is -0.478 e. The van der Waals surface area contributed by atoms with Crippen LogP contribution in [0.15, 0.2) is 18.3 Å². The molecule has 2 N–H and O–H groups in total. The highest BCUT2D eigenvalue weighted by Gasteiger charge is 2.20. The second-order valence-electron chi connectivity index (χ2n) is 4.62. The molecule has 1 atom stereocenters. The van der Waals surface area contributed by atoms with Gasteiger partial charge in [-0.1, -0.05) is 6.07 Å². The first kappa shape index (κ1) is 12.3. The Morgan fingerprint density at radius 2 is 2.41 bits per heavy atom. The minimum absolute atomic E-state index is 0.528. The van der Waals surface area contributed by atoms with E-state index < -0.39 is 0 Å². The first-order chi connectivity index (χ1) is 8.29. The summed E-state index contributed by atoms with van der Waals surface area (Å²) in [5.74, 6) is 0.697. The van der Waals surface area contributed by atoms with Crippen molar-refractivity contribution in [3.63, 3.8) is 0 Å². The van der Waals surface area contributed by atoms with Crippen LogP contribution in [0.5, 0.6) is 5.88 Å². The highest BCUT2D eigenvalue weighted by atomic mass is 16.5. The van der Waals surface area contributed by atoms with Crippen molar-refractivity contribution in [1.82, 2.24) is 9.88 Å². The standard InChI is InChI=1S/C13H21N3O/c1-16-7-2-3-12(16)6-8-17-13-5-4-11(9-14)10-15-13/h4-5,10,12H,2-3,6-9,14H2,1H3. The van der Waals surface area contributed by atoms with Gasteiger partial charge in [0.15, 0.2) is 0 Å². The molecule has 0 bridgehead atoms. The first-order valence-corrected chi connectivity index (χ1v) is 6.27. The molecule has 17 heavy (non-hydrogen) atoms. The monoisotopic (exact) mass is 235 g/mol. The van der Waals surface area contributed by atoms with Gasteiger partial charge in [-0.2, -0.15) is 0 Å². The van der Waals surface area contributed by atoms with Crippen LogP contribution in [0.25, 0.3) is 0 Å². The van der Waals surface area contributed by atoms with Crippen molar-refractivity contribution in [2.24, 2.45) is 5.73 Å². The number of pyridine rings is 1. The average molecular weight is 235 g/mol. The smallest absolute Gasteiger partial charge is 0.213 e. The Bertz CT molecular complexity index is 339. The molecule has 94 valence electrons. The van der Waals surface area contributed by atoms with Gasteiger partial charge in [-0.25, -0.2) is 4.98 Å². The zero-order valence-electron chi connectivity index (χ0n) is 10.4. The highest BCUT2D eigenvalue weighted by molar-refractivity contribution is 5.17. The van der Waals surface area contributed by atoms with Crippen LogP contribution in [0.4, 0.5) is 0 Å². The van der Waals surface area contributed by atoms with Crippen LogP contribution in [0.2, 0.25) is 0 Å². The Kier molecular flexibility index (Phi) is 4.34. The second-order valence-corrected chi connectivity index (χ2v) is 4.62. The minimum atomic E-state index is 0.528. The maximum Gasteiger partial charge on any atom is 0.213 e. The molecule has 0 amide bonds. The molecule has 2 rings (SSSR count). The van der Waals surface area contributed by atoms with E-state index >= 15 is 0 Å². The fourth-order valence-corrected chi connectivity index (χ4v) is 2.26. The predicted molar refractivity (Wildman–Crippen MR) is 67.9 cm³/mol. The SMILES string of the molecule is CN1CCCC1CCOc1ccc(CN)cn1. The molecule has 0 aromatic carbocycles. The lowest BCUT2D eigenvalue weighted by Crippen LogP contribution is -2.26. The van der Waals surface area contributed by atoms with Crippen LogP contribution in [0.1, 0.15) is 24.8 Å². The van der Waals surface area contributed by atoms with Crippen molar-refractivity contribution in [2.75, 3.05) is 20.2 Å². The Morgan fingerprint density at radius 1 is 1.53 bits per heavy atom. The van der Waals surface area contributed by atoms with Gasteiger partial charge in [0.05, 0.1) is 6.61 Å². The van der Waals surface area contributed by atoms with E-state index in [-0.39, 0.29) is 0 Å². The summed E-state index contributed by atoms with van der Waals surface area (Å²) in [6, 6.07) is 4.53. The molecule has 1 aromatic rings. The van der Waals surface area contributed by atoms with E-state index in [1.807, 2.05) is 12.1 Å². The van der Waals surface area contributed by atoms with Gasteiger partial charge in [-0.15, -0.1) is 0 Å². The van der Waals surface area contributed by atoms with Crippen LogP contribution in [0.3, 0.4) is 0 Å². The Balaban J connectivity index is 1.73. The summed E-state index contributed by atoms with van der Waals surface area (Å²) >= 11 is 0. The molecule has 1 aliphatic rings. The van der Waals surface area contributed by atoms with Gasteiger partial charge in [0.1, 0.15) is 0 Å². The number of hydrogen-bond acceptors (Lipinski definition) is 4. The quantitative estimate of drug-likeness (QED) is 0.838. The third kappa shape index (κ3) is 3.41. The van der Waals surface area contributed by atoms with Gasteiger partial charge < -0.3 is 15.4 Å². The lowest BCUT2D eigenvalue weighted by atomic mass is 10.1. The normalized spacial score (nSPS) is 20.7. The fourth-order valence-electron chi connectivity index (χ4n) is 2.26. The van der Waals surface area contributed by atoms with Crippen molar-refractivity contribution < 1.29 is 4.74 Å². The lowest BCUT2D eigenvalue weighted by Gasteiger charge is -2.19. The topological polar surface area (TPSA) is 51.4 Å². The third-order valence-corrected chi connectivity index (χ3v) is 3.41.